The molecule has 0 atom stereocenters. The highest BCUT2D eigenvalue weighted by molar-refractivity contribution is 5.94. The Labute approximate surface area is 83.3 Å². The molecule has 72 valence electrons. The van der Waals surface area contributed by atoms with Crippen LogP contribution in [0.25, 0.3) is 10.8 Å². The summed E-state index contributed by atoms with van der Waals surface area (Å²) in [4.78, 5) is 0. The van der Waals surface area contributed by atoms with Crippen molar-refractivity contribution >= 4 is 16.5 Å². The highest BCUT2D eigenvalue weighted by Gasteiger charge is 2.02. The fraction of sp³-hybridized carbons (Fsp3) is 0.167. The van der Waals surface area contributed by atoms with Crippen LogP contribution in [-0.2, 0) is 11.3 Å². The third-order valence-corrected chi connectivity index (χ3v) is 2.35. The fourth-order valence-electron chi connectivity index (χ4n) is 1.67. The summed E-state index contributed by atoms with van der Waals surface area (Å²) >= 11 is 0. The maximum absolute atomic E-state index is 5.88. The van der Waals surface area contributed by atoms with Gasteiger partial charge in [-0.15, -0.1) is 0 Å². The SMILES string of the molecule is COCc1ccc(N)c2ccccc12. The fourth-order valence-corrected chi connectivity index (χ4v) is 1.67. The molecule has 2 heteroatoms. The third kappa shape index (κ3) is 1.44. The zero-order valence-electron chi connectivity index (χ0n) is 8.16. The van der Waals surface area contributed by atoms with Crippen LogP contribution in [-0.4, -0.2) is 7.11 Å². The summed E-state index contributed by atoms with van der Waals surface area (Å²) in [5.41, 5.74) is 7.88. The highest BCUT2D eigenvalue weighted by atomic mass is 16.5. The molecule has 2 aromatic carbocycles. The molecular formula is C12H13NO. The zero-order valence-corrected chi connectivity index (χ0v) is 8.16. The molecule has 14 heavy (non-hydrogen) atoms. The van der Waals surface area contributed by atoms with Crippen molar-refractivity contribution in [3.63, 3.8) is 0 Å². The molecule has 2 N–H and O–H groups in total. The van der Waals surface area contributed by atoms with E-state index in [-0.39, 0.29) is 0 Å². The normalized spacial score (nSPS) is 10.6. The van der Waals surface area contributed by atoms with Crippen LogP contribution in [0.2, 0.25) is 0 Å². The number of nitrogens with two attached hydrogens (primary N) is 1. The average molecular weight is 187 g/mol. The molecule has 2 rings (SSSR count). The van der Waals surface area contributed by atoms with Gasteiger partial charge in [0, 0.05) is 18.2 Å². The quantitative estimate of drug-likeness (QED) is 0.733. The first-order valence-electron chi connectivity index (χ1n) is 4.58. The molecule has 0 unspecified atom stereocenters. The second-order valence-electron chi connectivity index (χ2n) is 3.29. The van der Waals surface area contributed by atoms with E-state index in [0.717, 1.165) is 11.1 Å². The molecule has 0 radical (unpaired) electrons. The Bertz CT molecular complexity index is 451. The standard InChI is InChI=1S/C12H13NO/c1-14-8-9-6-7-12(13)11-5-3-2-4-10(9)11/h2-7H,8,13H2,1H3. The van der Waals surface area contributed by atoms with Crippen LogP contribution in [0.15, 0.2) is 36.4 Å². The van der Waals surface area contributed by atoms with Gasteiger partial charge in [-0.2, -0.15) is 0 Å². The Morgan fingerprint density at radius 2 is 1.79 bits per heavy atom. The molecule has 0 fully saturated rings. The van der Waals surface area contributed by atoms with E-state index in [4.69, 9.17) is 10.5 Å². The molecule has 0 aliphatic rings. The second-order valence-corrected chi connectivity index (χ2v) is 3.29. The van der Waals surface area contributed by atoms with Gasteiger partial charge in [0.15, 0.2) is 0 Å². The van der Waals surface area contributed by atoms with Gasteiger partial charge in [-0.1, -0.05) is 30.3 Å². The molecule has 0 spiro atoms. The Hall–Kier alpha value is -1.54. The van der Waals surface area contributed by atoms with Crippen LogP contribution < -0.4 is 5.73 Å². The average Bonchev–Trinajstić information content (AvgIpc) is 2.23. The van der Waals surface area contributed by atoms with Crippen LogP contribution in [0.4, 0.5) is 5.69 Å². The van der Waals surface area contributed by atoms with Gasteiger partial charge in [-0.3, -0.25) is 0 Å². The van der Waals surface area contributed by atoms with E-state index >= 15 is 0 Å². The van der Waals surface area contributed by atoms with E-state index < -0.39 is 0 Å². The van der Waals surface area contributed by atoms with Crippen LogP contribution in [0, 0.1) is 0 Å². The lowest BCUT2D eigenvalue weighted by atomic mass is 10.0. The van der Waals surface area contributed by atoms with Crippen LogP contribution >= 0.6 is 0 Å². The number of nitrogen functional groups attached to an aromatic ring is 1. The summed E-state index contributed by atoms with van der Waals surface area (Å²) < 4.78 is 5.14. The molecule has 0 saturated carbocycles. The van der Waals surface area contributed by atoms with Gasteiger partial charge in [0.05, 0.1) is 6.61 Å². The lowest BCUT2D eigenvalue weighted by Crippen LogP contribution is -1.93. The molecular weight excluding hydrogens is 174 g/mol. The first-order valence-corrected chi connectivity index (χ1v) is 4.58. The topological polar surface area (TPSA) is 35.2 Å². The van der Waals surface area contributed by atoms with Crippen LogP contribution in [0.3, 0.4) is 0 Å². The lowest BCUT2D eigenvalue weighted by molar-refractivity contribution is 0.186. The number of hydrogen-bond acceptors (Lipinski definition) is 2. The maximum atomic E-state index is 5.88. The minimum Gasteiger partial charge on any atom is -0.398 e. The van der Waals surface area contributed by atoms with Crippen molar-refractivity contribution in [1.29, 1.82) is 0 Å². The first-order chi connectivity index (χ1) is 6.83. The largest absolute Gasteiger partial charge is 0.398 e. The van der Waals surface area contributed by atoms with Gasteiger partial charge < -0.3 is 10.5 Å². The molecule has 0 aromatic heterocycles. The van der Waals surface area contributed by atoms with E-state index in [2.05, 4.69) is 6.07 Å². The zero-order chi connectivity index (χ0) is 9.97. The number of methoxy groups -OCH3 is 1. The summed E-state index contributed by atoms with van der Waals surface area (Å²) in [7, 11) is 1.70. The molecule has 2 aromatic rings. The van der Waals surface area contributed by atoms with E-state index in [0.29, 0.717) is 6.61 Å². The molecule has 0 amide bonds. The highest BCUT2D eigenvalue weighted by Crippen LogP contribution is 2.24. The van der Waals surface area contributed by atoms with Gasteiger partial charge in [-0.25, -0.2) is 0 Å². The van der Waals surface area contributed by atoms with Gasteiger partial charge in [0.25, 0.3) is 0 Å². The Balaban J connectivity index is 2.68. The van der Waals surface area contributed by atoms with Crippen molar-refractivity contribution in [2.45, 2.75) is 6.61 Å². The predicted octanol–water partition coefficient (Wildman–Crippen LogP) is 2.57. The Morgan fingerprint density at radius 3 is 2.50 bits per heavy atom. The van der Waals surface area contributed by atoms with Crippen molar-refractivity contribution in [2.24, 2.45) is 0 Å². The lowest BCUT2D eigenvalue weighted by Gasteiger charge is -2.07. The predicted molar refractivity (Wildman–Crippen MR) is 59.1 cm³/mol. The van der Waals surface area contributed by atoms with Crippen molar-refractivity contribution in [3.05, 3.63) is 42.0 Å². The molecule has 2 nitrogen and oxygen atoms in total. The maximum Gasteiger partial charge on any atom is 0.0719 e. The number of fused-ring (bicyclic) bond motifs is 1. The van der Waals surface area contributed by atoms with Crippen molar-refractivity contribution in [2.75, 3.05) is 12.8 Å². The first kappa shape index (κ1) is 9.03. The summed E-state index contributed by atoms with van der Waals surface area (Å²) in [6, 6.07) is 12.1. The number of rotatable bonds is 2. The molecule has 0 aliphatic carbocycles. The van der Waals surface area contributed by atoms with E-state index in [1.165, 1.54) is 10.9 Å². The van der Waals surface area contributed by atoms with Crippen LogP contribution in [0.5, 0.6) is 0 Å². The number of anilines is 1. The van der Waals surface area contributed by atoms with Crippen molar-refractivity contribution in [3.8, 4) is 0 Å². The van der Waals surface area contributed by atoms with E-state index in [1.54, 1.807) is 7.11 Å². The molecule has 0 heterocycles. The van der Waals surface area contributed by atoms with E-state index in [1.807, 2.05) is 30.3 Å². The summed E-state index contributed by atoms with van der Waals surface area (Å²) in [6.07, 6.45) is 0. The minimum absolute atomic E-state index is 0.626. The van der Waals surface area contributed by atoms with Gasteiger partial charge in [-0.05, 0) is 17.0 Å². The molecule has 0 aliphatic heterocycles. The number of hydrogen-bond donors (Lipinski definition) is 1. The number of benzene rings is 2. The van der Waals surface area contributed by atoms with Gasteiger partial charge in [0.2, 0.25) is 0 Å². The van der Waals surface area contributed by atoms with Crippen LogP contribution in [0.1, 0.15) is 5.56 Å². The van der Waals surface area contributed by atoms with E-state index in [9.17, 15) is 0 Å². The molecule has 0 bridgehead atoms. The molecule has 0 saturated heterocycles. The minimum atomic E-state index is 0.626. The van der Waals surface area contributed by atoms with Crippen molar-refractivity contribution in [1.82, 2.24) is 0 Å². The summed E-state index contributed by atoms with van der Waals surface area (Å²) in [6.45, 7) is 0.626. The van der Waals surface area contributed by atoms with Gasteiger partial charge in [0.1, 0.15) is 0 Å². The smallest absolute Gasteiger partial charge is 0.0719 e. The summed E-state index contributed by atoms with van der Waals surface area (Å²) in [5.74, 6) is 0. The van der Waals surface area contributed by atoms with Gasteiger partial charge >= 0.3 is 0 Å². The Kier molecular flexibility index (Phi) is 2.37. The second kappa shape index (κ2) is 3.68. The Morgan fingerprint density at radius 1 is 1.07 bits per heavy atom. The monoisotopic (exact) mass is 187 g/mol. The third-order valence-electron chi connectivity index (χ3n) is 2.35. The van der Waals surface area contributed by atoms with Crippen molar-refractivity contribution < 1.29 is 4.74 Å². The summed E-state index contributed by atoms with van der Waals surface area (Å²) in [5, 5.41) is 2.27. The number of ether oxygens (including phenoxy) is 1.